The minimum Gasteiger partial charge on any atom is -0.382 e. The number of aromatic nitrogens is 3. The highest BCUT2D eigenvalue weighted by Crippen LogP contribution is 2.37. The van der Waals surface area contributed by atoms with Gasteiger partial charge in [0.15, 0.2) is 5.82 Å². The maximum atomic E-state index is 13.2. The molecule has 1 aromatic carbocycles. The Hall–Kier alpha value is -3.09. The van der Waals surface area contributed by atoms with Crippen LogP contribution in [-0.2, 0) is 0 Å². The molecule has 0 aliphatic heterocycles. The molecule has 0 amide bonds. The Labute approximate surface area is 157 Å². The number of fused-ring (bicyclic) bond motifs is 1. The maximum absolute atomic E-state index is 13.2. The lowest BCUT2D eigenvalue weighted by Crippen LogP contribution is -2.25. The predicted octanol–water partition coefficient (Wildman–Crippen LogP) is 2.88. The fourth-order valence-electron chi connectivity index (χ4n) is 3.62. The standard InChI is InChI=1S/C20H24N6O/c1-11-5-4-6-13-9-15(26(14-7-8-14)20(27)16(11)13)12(2)25-18(21)17-19(22-3)24-10-23-17/h4-6,9-10,12,14,22H,7-8H2,1-3H3,(H2,21,25)(H,23,24). The van der Waals surface area contributed by atoms with Crippen molar-refractivity contribution >= 4 is 22.4 Å². The van der Waals surface area contributed by atoms with E-state index in [9.17, 15) is 4.79 Å². The molecule has 1 atom stereocenters. The first-order valence-corrected chi connectivity index (χ1v) is 9.20. The van der Waals surface area contributed by atoms with Gasteiger partial charge in [-0.3, -0.25) is 9.79 Å². The lowest BCUT2D eigenvalue weighted by atomic mass is 10.0. The van der Waals surface area contributed by atoms with E-state index in [-0.39, 0.29) is 17.6 Å². The Morgan fingerprint density at radius 3 is 2.93 bits per heavy atom. The number of H-pyrrole nitrogens is 1. The molecule has 1 aliphatic carbocycles. The van der Waals surface area contributed by atoms with Gasteiger partial charge in [0.1, 0.15) is 11.5 Å². The van der Waals surface area contributed by atoms with Gasteiger partial charge in [-0.15, -0.1) is 0 Å². The average molecular weight is 364 g/mol. The van der Waals surface area contributed by atoms with Crippen molar-refractivity contribution in [3.05, 3.63) is 57.9 Å². The van der Waals surface area contributed by atoms with Crippen LogP contribution in [0.15, 0.2) is 40.4 Å². The fraction of sp³-hybridized carbons (Fsp3) is 0.350. The van der Waals surface area contributed by atoms with Crippen LogP contribution in [0.5, 0.6) is 0 Å². The summed E-state index contributed by atoms with van der Waals surface area (Å²) in [5, 5.41) is 4.73. The Morgan fingerprint density at radius 2 is 2.22 bits per heavy atom. The number of amidine groups is 1. The van der Waals surface area contributed by atoms with Crippen molar-refractivity contribution in [2.24, 2.45) is 10.7 Å². The summed E-state index contributed by atoms with van der Waals surface area (Å²) in [6.45, 7) is 3.95. The van der Waals surface area contributed by atoms with Crippen molar-refractivity contribution in [3.63, 3.8) is 0 Å². The fourth-order valence-corrected chi connectivity index (χ4v) is 3.62. The number of imidazole rings is 1. The summed E-state index contributed by atoms with van der Waals surface area (Å²) in [6.07, 6.45) is 3.63. The zero-order valence-corrected chi connectivity index (χ0v) is 15.8. The van der Waals surface area contributed by atoms with Gasteiger partial charge in [0.25, 0.3) is 5.56 Å². The number of aromatic amines is 1. The SMILES string of the molecule is CNc1nc[nH]c1C(N)=NC(C)c1cc2cccc(C)c2c(=O)n1C1CC1. The normalized spacial score (nSPS) is 15.9. The highest BCUT2D eigenvalue weighted by Gasteiger charge is 2.29. The third-order valence-electron chi connectivity index (χ3n) is 5.12. The van der Waals surface area contributed by atoms with Crippen molar-refractivity contribution in [3.8, 4) is 0 Å². The largest absolute Gasteiger partial charge is 0.382 e. The quantitative estimate of drug-likeness (QED) is 0.478. The predicted molar refractivity (Wildman–Crippen MR) is 108 cm³/mol. The molecule has 0 radical (unpaired) electrons. The van der Waals surface area contributed by atoms with Crippen molar-refractivity contribution < 1.29 is 0 Å². The monoisotopic (exact) mass is 364 g/mol. The van der Waals surface area contributed by atoms with Crippen LogP contribution in [0.1, 0.15) is 48.8 Å². The topological polar surface area (TPSA) is 101 Å². The lowest BCUT2D eigenvalue weighted by molar-refractivity contribution is 0.621. The summed E-state index contributed by atoms with van der Waals surface area (Å²) in [7, 11) is 1.78. The molecule has 27 heavy (non-hydrogen) atoms. The van der Waals surface area contributed by atoms with E-state index in [1.807, 2.05) is 36.6 Å². The van der Waals surface area contributed by atoms with Gasteiger partial charge >= 0.3 is 0 Å². The number of rotatable bonds is 5. The van der Waals surface area contributed by atoms with Crippen molar-refractivity contribution in [2.75, 3.05) is 12.4 Å². The molecule has 0 saturated heterocycles. The average Bonchev–Trinajstić information content (AvgIpc) is 3.36. The second kappa shape index (κ2) is 6.57. The number of nitrogens with zero attached hydrogens (tertiary/aromatic N) is 3. The first-order chi connectivity index (χ1) is 13.0. The number of anilines is 1. The van der Waals surface area contributed by atoms with E-state index >= 15 is 0 Å². The maximum Gasteiger partial charge on any atom is 0.259 e. The number of hydrogen-bond acceptors (Lipinski definition) is 4. The summed E-state index contributed by atoms with van der Waals surface area (Å²) in [5.74, 6) is 1.01. The molecule has 3 aromatic rings. The van der Waals surface area contributed by atoms with E-state index in [1.165, 1.54) is 0 Å². The highest BCUT2D eigenvalue weighted by atomic mass is 16.1. The van der Waals surface area contributed by atoms with Crippen molar-refractivity contribution in [2.45, 2.75) is 38.8 Å². The Bertz CT molecular complexity index is 1090. The molecule has 140 valence electrons. The third-order valence-corrected chi connectivity index (χ3v) is 5.12. The molecule has 1 saturated carbocycles. The molecule has 2 heterocycles. The molecule has 1 aliphatic rings. The molecule has 0 spiro atoms. The first-order valence-electron chi connectivity index (χ1n) is 9.20. The molecular weight excluding hydrogens is 340 g/mol. The van der Waals surface area contributed by atoms with Gasteiger partial charge in [-0.1, -0.05) is 18.2 Å². The van der Waals surface area contributed by atoms with Crippen LogP contribution < -0.4 is 16.6 Å². The molecular formula is C20H24N6O. The summed E-state index contributed by atoms with van der Waals surface area (Å²) in [5.41, 5.74) is 8.85. The number of aryl methyl sites for hydroxylation is 1. The van der Waals surface area contributed by atoms with Crippen LogP contribution in [0.25, 0.3) is 10.8 Å². The molecule has 4 rings (SSSR count). The molecule has 7 nitrogen and oxygen atoms in total. The minimum atomic E-state index is -0.254. The lowest BCUT2D eigenvalue weighted by Gasteiger charge is -2.18. The van der Waals surface area contributed by atoms with Gasteiger partial charge in [0.2, 0.25) is 0 Å². The number of nitrogens with one attached hydrogen (secondary N) is 2. The molecule has 4 N–H and O–H groups in total. The number of benzene rings is 1. The molecule has 2 aromatic heterocycles. The van der Waals surface area contributed by atoms with E-state index in [1.54, 1.807) is 13.4 Å². The molecule has 1 unspecified atom stereocenters. The number of hydrogen-bond donors (Lipinski definition) is 3. The third kappa shape index (κ3) is 2.99. The second-order valence-electron chi connectivity index (χ2n) is 7.08. The molecule has 0 bridgehead atoms. The molecule has 7 heteroatoms. The zero-order valence-electron chi connectivity index (χ0n) is 15.8. The van der Waals surface area contributed by atoms with Crippen LogP contribution in [0.4, 0.5) is 5.82 Å². The van der Waals surface area contributed by atoms with Crippen LogP contribution in [-0.4, -0.2) is 27.4 Å². The van der Waals surface area contributed by atoms with Crippen LogP contribution in [0, 0.1) is 6.92 Å². The van der Waals surface area contributed by atoms with Gasteiger partial charge in [0.05, 0.1) is 17.8 Å². The van der Waals surface area contributed by atoms with E-state index in [0.717, 1.165) is 34.9 Å². The van der Waals surface area contributed by atoms with E-state index < -0.39 is 0 Å². The summed E-state index contributed by atoms with van der Waals surface area (Å²) in [6, 6.07) is 8.03. The summed E-state index contributed by atoms with van der Waals surface area (Å²) >= 11 is 0. The molecule has 1 fully saturated rings. The second-order valence-corrected chi connectivity index (χ2v) is 7.08. The van der Waals surface area contributed by atoms with Crippen molar-refractivity contribution in [1.29, 1.82) is 0 Å². The van der Waals surface area contributed by atoms with Crippen LogP contribution in [0.3, 0.4) is 0 Å². The smallest absolute Gasteiger partial charge is 0.259 e. The number of pyridine rings is 1. The number of nitrogens with two attached hydrogens (primary N) is 1. The summed E-state index contributed by atoms with van der Waals surface area (Å²) in [4.78, 5) is 25.1. The van der Waals surface area contributed by atoms with E-state index in [0.29, 0.717) is 17.3 Å². The van der Waals surface area contributed by atoms with E-state index in [2.05, 4.69) is 26.3 Å². The van der Waals surface area contributed by atoms with Gasteiger partial charge in [-0.2, -0.15) is 0 Å². The van der Waals surface area contributed by atoms with Gasteiger partial charge < -0.3 is 20.6 Å². The number of aliphatic imine (C=N–C) groups is 1. The first kappa shape index (κ1) is 17.3. The van der Waals surface area contributed by atoms with Crippen molar-refractivity contribution in [1.82, 2.24) is 14.5 Å². The Morgan fingerprint density at radius 1 is 1.44 bits per heavy atom. The Balaban J connectivity index is 1.84. The Kier molecular flexibility index (Phi) is 4.22. The van der Waals surface area contributed by atoms with Gasteiger partial charge in [-0.25, -0.2) is 4.98 Å². The van der Waals surface area contributed by atoms with Gasteiger partial charge in [-0.05, 0) is 43.7 Å². The highest BCUT2D eigenvalue weighted by molar-refractivity contribution is 6.00. The minimum absolute atomic E-state index is 0.0705. The van der Waals surface area contributed by atoms with Crippen LogP contribution >= 0.6 is 0 Å². The van der Waals surface area contributed by atoms with Gasteiger partial charge in [0, 0.05) is 18.8 Å². The van der Waals surface area contributed by atoms with Crippen LogP contribution in [0.2, 0.25) is 0 Å². The summed E-state index contributed by atoms with van der Waals surface area (Å²) < 4.78 is 1.92. The van der Waals surface area contributed by atoms with E-state index in [4.69, 9.17) is 5.73 Å². The zero-order chi connectivity index (χ0) is 19.1.